The summed E-state index contributed by atoms with van der Waals surface area (Å²) in [5.41, 5.74) is 13.7. The van der Waals surface area contributed by atoms with Crippen LogP contribution in [0, 0.1) is 55.4 Å². The average Bonchev–Trinajstić information content (AvgIpc) is 2.42. The van der Waals surface area contributed by atoms with Crippen molar-refractivity contribution in [1.82, 2.24) is 0 Å². The van der Waals surface area contributed by atoms with Crippen molar-refractivity contribution in [2.75, 3.05) is 11.9 Å². The molecule has 0 saturated heterocycles. The van der Waals surface area contributed by atoms with Gasteiger partial charge in [-0.2, -0.15) is 0 Å². The van der Waals surface area contributed by atoms with E-state index in [2.05, 4.69) is 79.5 Å². The summed E-state index contributed by atoms with van der Waals surface area (Å²) in [7, 11) is 2.20. The van der Waals surface area contributed by atoms with Crippen molar-refractivity contribution in [3.8, 4) is 0 Å². The Morgan fingerprint density at radius 1 is 0.545 bits per heavy atom. The minimum Gasteiger partial charge on any atom is -0.344 e. The first-order valence-corrected chi connectivity index (χ1v) is 8.05. The number of hydrogen-bond donors (Lipinski definition) is 0. The van der Waals surface area contributed by atoms with Crippen molar-refractivity contribution in [2.45, 2.75) is 55.4 Å². The van der Waals surface area contributed by atoms with Gasteiger partial charge in [0.15, 0.2) is 0 Å². The van der Waals surface area contributed by atoms with Crippen molar-refractivity contribution in [1.29, 1.82) is 0 Å². The van der Waals surface area contributed by atoms with E-state index in [9.17, 15) is 0 Å². The molecule has 22 heavy (non-hydrogen) atoms. The van der Waals surface area contributed by atoms with Crippen molar-refractivity contribution in [2.24, 2.45) is 0 Å². The fraction of sp³-hybridized carbons (Fsp3) is 0.429. The second-order valence-corrected chi connectivity index (χ2v) is 6.78. The van der Waals surface area contributed by atoms with E-state index in [4.69, 9.17) is 0 Å². The van der Waals surface area contributed by atoms with Crippen LogP contribution in [0.2, 0.25) is 0 Å². The standard InChI is InChI=1S/C21H29N/c1-12-10-13(2)20(14(3)11-12)22(9)21-18(7)16(5)15(4)17(6)19(21)8/h10-11H,1-9H3. The average molecular weight is 295 g/mol. The monoisotopic (exact) mass is 295 g/mol. The molecule has 0 aromatic heterocycles. The molecule has 0 heterocycles. The highest BCUT2D eigenvalue weighted by atomic mass is 15.1. The van der Waals surface area contributed by atoms with E-state index in [1.807, 2.05) is 0 Å². The molecule has 0 radical (unpaired) electrons. The zero-order valence-corrected chi connectivity index (χ0v) is 15.6. The Morgan fingerprint density at radius 2 is 0.909 bits per heavy atom. The van der Waals surface area contributed by atoms with E-state index in [1.165, 1.54) is 55.9 Å². The first kappa shape index (κ1) is 16.6. The quantitative estimate of drug-likeness (QED) is 0.664. The molecule has 0 aliphatic rings. The lowest BCUT2D eigenvalue weighted by Crippen LogP contribution is -2.17. The van der Waals surface area contributed by atoms with Crippen LogP contribution in [0.1, 0.15) is 44.5 Å². The number of hydrogen-bond acceptors (Lipinski definition) is 1. The number of aryl methyl sites for hydroxylation is 3. The zero-order valence-electron chi connectivity index (χ0n) is 15.6. The molecule has 0 atom stereocenters. The lowest BCUT2D eigenvalue weighted by atomic mass is 9.91. The Labute approximate surface area is 136 Å². The smallest absolute Gasteiger partial charge is 0.0473 e. The van der Waals surface area contributed by atoms with Crippen LogP contribution in [-0.4, -0.2) is 7.05 Å². The molecule has 2 aromatic rings. The van der Waals surface area contributed by atoms with Gasteiger partial charge in [0.25, 0.3) is 0 Å². The number of anilines is 2. The second kappa shape index (κ2) is 5.79. The normalized spacial score (nSPS) is 11.0. The van der Waals surface area contributed by atoms with Gasteiger partial charge in [-0.15, -0.1) is 0 Å². The Balaban J connectivity index is 2.73. The van der Waals surface area contributed by atoms with Crippen LogP contribution < -0.4 is 4.90 Å². The molecule has 0 aliphatic heterocycles. The van der Waals surface area contributed by atoms with Crippen LogP contribution in [0.15, 0.2) is 12.1 Å². The summed E-state index contributed by atoms with van der Waals surface area (Å²) in [4.78, 5) is 2.38. The predicted octanol–water partition coefficient (Wildman–Crippen LogP) is 5.92. The molecule has 0 amide bonds. The predicted molar refractivity (Wildman–Crippen MR) is 98.8 cm³/mol. The van der Waals surface area contributed by atoms with Gasteiger partial charge in [0.05, 0.1) is 0 Å². The summed E-state index contributed by atoms with van der Waals surface area (Å²) in [6.07, 6.45) is 0. The number of rotatable bonds is 2. The molecule has 0 spiro atoms. The fourth-order valence-corrected chi connectivity index (χ4v) is 3.80. The Bertz CT molecular complexity index is 686. The maximum atomic E-state index is 2.38. The van der Waals surface area contributed by atoms with Gasteiger partial charge in [0.1, 0.15) is 0 Å². The molecule has 1 heteroatoms. The molecular formula is C21H29N. The lowest BCUT2D eigenvalue weighted by molar-refractivity contribution is 1.08. The lowest BCUT2D eigenvalue weighted by Gasteiger charge is -2.30. The fourth-order valence-electron chi connectivity index (χ4n) is 3.80. The highest BCUT2D eigenvalue weighted by Crippen LogP contribution is 2.38. The first-order chi connectivity index (χ1) is 10.2. The van der Waals surface area contributed by atoms with Crippen LogP contribution in [0.25, 0.3) is 0 Å². The molecule has 0 unspecified atom stereocenters. The molecule has 118 valence electrons. The van der Waals surface area contributed by atoms with E-state index in [1.54, 1.807) is 0 Å². The van der Waals surface area contributed by atoms with Gasteiger partial charge in [-0.1, -0.05) is 17.7 Å². The van der Waals surface area contributed by atoms with E-state index in [0.29, 0.717) is 0 Å². The molecule has 0 aliphatic carbocycles. The Kier molecular flexibility index (Phi) is 4.37. The number of benzene rings is 2. The van der Waals surface area contributed by atoms with Gasteiger partial charge in [-0.3, -0.25) is 0 Å². The van der Waals surface area contributed by atoms with Gasteiger partial charge in [0.2, 0.25) is 0 Å². The molecule has 1 nitrogen and oxygen atoms in total. The van der Waals surface area contributed by atoms with E-state index in [0.717, 1.165) is 0 Å². The van der Waals surface area contributed by atoms with E-state index in [-0.39, 0.29) is 0 Å². The third-order valence-electron chi connectivity index (χ3n) is 5.27. The molecule has 2 aromatic carbocycles. The van der Waals surface area contributed by atoms with Crippen LogP contribution in [0.3, 0.4) is 0 Å². The summed E-state index contributed by atoms with van der Waals surface area (Å²) in [6.45, 7) is 17.8. The van der Waals surface area contributed by atoms with Crippen molar-refractivity contribution >= 4 is 11.4 Å². The molecular weight excluding hydrogens is 266 g/mol. The molecule has 0 N–H and O–H groups in total. The van der Waals surface area contributed by atoms with Crippen LogP contribution in [0.4, 0.5) is 11.4 Å². The minimum atomic E-state index is 1.33. The van der Waals surface area contributed by atoms with Gasteiger partial charge in [-0.25, -0.2) is 0 Å². The van der Waals surface area contributed by atoms with Gasteiger partial charge in [0, 0.05) is 18.4 Å². The highest BCUT2D eigenvalue weighted by molar-refractivity contribution is 5.76. The molecule has 0 saturated carbocycles. The molecule has 2 rings (SSSR count). The minimum absolute atomic E-state index is 1.33. The van der Waals surface area contributed by atoms with Crippen LogP contribution in [-0.2, 0) is 0 Å². The molecule has 0 bridgehead atoms. The summed E-state index contributed by atoms with van der Waals surface area (Å²) >= 11 is 0. The molecule has 0 fully saturated rings. The largest absolute Gasteiger partial charge is 0.344 e. The third-order valence-corrected chi connectivity index (χ3v) is 5.27. The summed E-state index contributed by atoms with van der Waals surface area (Å²) in [6, 6.07) is 4.55. The van der Waals surface area contributed by atoms with Crippen LogP contribution >= 0.6 is 0 Å². The highest BCUT2D eigenvalue weighted by Gasteiger charge is 2.18. The second-order valence-electron chi connectivity index (χ2n) is 6.78. The first-order valence-electron chi connectivity index (χ1n) is 8.05. The third kappa shape index (κ3) is 2.54. The Morgan fingerprint density at radius 3 is 1.32 bits per heavy atom. The van der Waals surface area contributed by atoms with Crippen LogP contribution in [0.5, 0.6) is 0 Å². The summed E-state index contributed by atoms with van der Waals surface area (Å²) in [5, 5.41) is 0. The Hall–Kier alpha value is -1.76. The number of nitrogens with zero attached hydrogens (tertiary/aromatic N) is 1. The summed E-state index contributed by atoms with van der Waals surface area (Å²) in [5.74, 6) is 0. The zero-order chi connectivity index (χ0) is 16.8. The van der Waals surface area contributed by atoms with E-state index < -0.39 is 0 Å². The van der Waals surface area contributed by atoms with Gasteiger partial charge in [-0.05, 0) is 94.3 Å². The maximum Gasteiger partial charge on any atom is 0.0473 e. The maximum absolute atomic E-state index is 2.38. The van der Waals surface area contributed by atoms with Crippen molar-refractivity contribution in [3.05, 3.63) is 56.6 Å². The van der Waals surface area contributed by atoms with E-state index >= 15 is 0 Å². The topological polar surface area (TPSA) is 3.24 Å². The van der Waals surface area contributed by atoms with Crippen molar-refractivity contribution in [3.63, 3.8) is 0 Å². The van der Waals surface area contributed by atoms with Gasteiger partial charge < -0.3 is 4.90 Å². The van der Waals surface area contributed by atoms with Crippen molar-refractivity contribution < 1.29 is 0 Å². The van der Waals surface area contributed by atoms with Gasteiger partial charge >= 0.3 is 0 Å². The SMILES string of the molecule is Cc1cc(C)c(N(C)c2c(C)c(C)c(C)c(C)c2C)c(C)c1. The summed E-state index contributed by atoms with van der Waals surface area (Å²) < 4.78 is 0.